The Bertz CT molecular complexity index is 742. The number of hydrogen-bond donors (Lipinski definition) is 2. The molecule has 0 atom stereocenters. The van der Waals surface area contributed by atoms with Crippen LogP contribution in [0, 0.1) is 0 Å². The van der Waals surface area contributed by atoms with Gasteiger partial charge in [0.2, 0.25) is 0 Å². The Morgan fingerprint density at radius 3 is 2.17 bits per heavy atom. The van der Waals surface area contributed by atoms with Crippen LogP contribution in [0.4, 0.5) is 32.2 Å². The molecular formula is C14H9F6N3O. The summed E-state index contributed by atoms with van der Waals surface area (Å²) in [6.07, 6.45) is -8.33. The van der Waals surface area contributed by atoms with Crippen molar-refractivity contribution >= 4 is 11.7 Å². The average molecular weight is 349 g/mol. The number of anilines is 1. The minimum Gasteiger partial charge on any atom is -0.282 e. The molecule has 0 saturated heterocycles. The van der Waals surface area contributed by atoms with Crippen molar-refractivity contribution < 1.29 is 31.1 Å². The molecule has 0 bridgehead atoms. The Balaban J connectivity index is 2.09. The number of alkyl halides is 6. The first kappa shape index (κ1) is 17.6. The fraction of sp³-hybridized carbons (Fsp3) is 0.143. The molecule has 1 aromatic carbocycles. The van der Waals surface area contributed by atoms with E-state index in [0.29, 0.717) is 12.1 Å². The van der Waals surface area contributed by atoms with E-state index in [0.717, 1.165) is 30.5 Å². The van der Waals surface area contributed by atoms with Crippen molar-refractivity contribution in [2.75, 3.05) is 5.43 Å². The van der Waals surface area contributed by atoms with Crippen LogP contribution in [0.3, 0.4) is 0 Å². The predicted molar refractivity (Wildman–Crippen MR) is 71.8 cm³/mol. The average Bonchev–Trinajstić information content (AvgIpc) is 2.51. The Morgan fingerprint density at radius 2 is 1.54 bits per heavy atom. The summed E-state index contributed by atoms with van der Waals surface area (Å²) >= 11 is 0. The monoisotopic (exact) mass is 349 g/mol. The Labute approximate surface area is 131 Å². The number of benzene rings is 1. The molecule has 1 heterocycles. The lowest BCUT2D eigenvalue weighted by molar-refractivity contribution is -0.138. The molecule has 2 rings (SSSR count). The highest BCUT2D eigenvalue weighted by Crippen LogP contribution is 2.30. The summed E-state index contributed by atoms with van der Waals surface area (Å²) in [7, 11) is 0. The van der Waals surface area contributed by atoms with Gasteiger partial charge in [0.15, 0.2) is 0 Å². The number of rotatable bonds is 3. The molecule has 2 aromatic rings. The van der Waals surface area contributed by atoms with Crippen LogP contribution in [-0.4, -0.2) is 10.9 Å². The number of hydrogen-bond acceptors (Lipinski definition) is 3. The highest BCUT2D eigenvalue weighted by molar-refractivity contribution is 5.95. The van der Waals surface area contributed by atoms with Crippen molar-refractivity contribution in [2.24, 2.45) is 0 Å². The fourth-order valence-corrected chi connectivity index (χ4v) is 1.70. The molecule has 0 aliphatic rings. The number of nitrogens with zero attached hydrogens (tertiary/aromatic N) is 1. The lowest BCUT2D eigenvalue weighted by Gasteiger charge is -2.11. The third kappa shape index (κ3) is 4.37. The third-order valence-corrected chi connectivity index (χ3v) is 2.84. The Kier molecular flexibility index (Phi) is 4.67. The lowest BCUT2D eigenvalue weighted by Crippen LogP contribution is -2.30. The quantitative estimate of drug-likeness (QED) is 0.653. The minimum atomic E-state index is -4.62. The number of nitrogens with one attached hydrogen (secondary N) is 2. The number of amides is 1. The predicted octanol–water partition coefficient (Wildman–Crippen LogP) is 3.88. The Morgan fingerprint density at radius 1 is 0.917 bits per heavy atom. The maximum Gasteiger partial charge on any atom is 0.416 e. The van der Waals surface area contributed by atoms with Gasteiger partial charge in [-0.3, -0.25) is 15.6 Å². The van der Waals surface area contributed by atoms with E-state index in [9.17, 15) is 31.1 Å². The van der Waals surface area contributed by atoms with Crippen LogP contribution >= 0.6 is 0 Å². The standard InChI is InChI=1S/C14H9F6N3O/c15-13(16,17)9-3-1-2-8(6-9)12(24)23-22-11-7-10(4-5-21-11)14(18,19)20/h1-7H,(H,21,22)(H,23,24). The van der Waals surface area contributed by atoms with Crippen LogP contribution in [0.5, 0.6) is 0 Å². The van der Waals surface area contributed by atoms with Gasteiger partial charge in [-0.15, -0.1) is 0 Å². The van der Waals surface area contributed by atoms with Gasteiger partial charge in [0, 0.05) is 11.8 Å². The number of pyridine rings is 1. The van der Waals surface area contributed by atoms with Crippen LogP contribution in [-0.2, 0) is 12.4 Å². The smallest absolute Gasteiger partial charge is 0.282 e. The highest BCUT2D eigenvalue weighted by Gasteiger charge is 2.31. The van der Waals surface area contributed by atoms with Crippen molar-refractivity contribution in [2.45, 2.75) is 12.4 Å². The maximum atomic E-state index is 12.6. The van der Waals surface area contributed by atoms with Crippen molar-refractivity contribution in [3.05, 3.63) is 59.3 Å². The second-order valence-electron chi connectivity index (χ2n) is 4.59. The molecule has 1 amide bonds. The number of hydrazine groups is 1. The Hall–Kier alpha value is -2.78. The van der Waals surface area contributed by atoms with Crippen LogP contribution in [0.1, 0.15) is 21.5 Å². The fourth-order valence-electron chi connectivity index (χ4n) is 1.70. The van der Waals surface area contributed by atoms with Gasteiger partial charge in [0.05, 0.1) is 11.1 Å². The van der Waals surface area contributed by atoms with Gasteiger partial charge >= 0.3 is 12.4 Å². The van der Waals surface area contributed by atoms with Crippen molar-refractivity contribution in [1.29, 1.82) is 0 Å². The van der Waals surface area contributed by atoms with E-state index >= 15 is 0 Å². The normalized spacial score (nSPS) is 11.9. The summed E-state index contributed by atoms with van der Waals surface area (Å²) < 4.78 is 75.3. The number of carbonyl (C=O) groups is 1. The second kappa shape index (κ2) is 6.38. The van der Waals surface area contributed by atoms with Gasteiger partial charge in [-0.2, -0.15) is 26.3 Å². The zero-order valence-electron chi connectivity index (χ0n) is 11.7. The summed E-state index contributed by atoms with van der Waals surface area (Å²) in [5.74, 6) is -1.27. The van der Waals surface area contributed by atoms with Crippen molar-refractivity contribution in [3.8, 4) is 0 Å². The molecule has 0 aliphatic heterocycles. The van der Waals surface area contributed by atoms with E-state index in [1.807, 2.05) is 5.43 Å². The van der Waals surface area contributed by atoms with Gasteiger partial charge in [-0.1, -0.05) is 6.07 Å². The summed E-state index contributed by atoms with van der Waals surface area (Å²) in [5.41, 5.74) is 1.78. The zero-order valence-corrected chi connectivity index (χ0v) is 11.7. The SMILES string of the molecule is O=C(NNc1cc(C(F)(F)F)ccn1)c1cccc(C(F)(F)F)c1. The molecule has 1 aromatic heterocycles. The third-order valence-electron chi connectivity index (χ3n) is 2.84. The summed E-state index contributed by atoms with van der Waals surface area (Å²) in [6.45, 7) is 0. The van der Waals surface area contributed by atoms with Crippen LogP contribution in [0.25, 0.3) is 0 Å². The van der Waals surface area contributed by atoms with E-state index < -0.39 is 29.4 Å². The van der Waals surface area contributed by atoms with Crippen LogP contribution < -0.4 is 10.9 Å². The maximum absolute atomic E-state index is 12.6. The van der Waals surface area contributed by atoms with Crippen molar-refractivity contribution in [3.63, 3.8) is 0 Å². The van der Waals surface area contributed by atoms with Crippen LogP contribution in [0.2, 0.25) is 0 Å². The van der Waals surface area contributed by atoms with E-state index in [4.69, 9.17) is 0 Å². The molecule has 10 heteroatoms. The van der Waals surface area contributed by atoms with E-state index in [1.165, 1.54) is 0 Å². The van der Waals surface area contributed by atoms with Gasteiger partial charge in [0.25, 0.3) is 5.91 Å². The molecule has 4 nitrogen and oxygen atoms in total. The van der Waals surface area contributed by atoms with Gasteiger partial charge in [0.1, 0.15) is 5.82 Å². The van der Waals surface area contributed by atoms with Gasteiger partial charge < -0.3 is 0 Å². The van der Waals surface area contributed by atoms with E-state index in [-0.39, 0.29) is 11.4 Å². The molecule has 0 spiro atoms. The highest BCUT2D eigenvalue weighted by atomic mass is 19.4. The largest absolute Gasteiger partial charge is 0.416 e. The topological polar surface area (TPSA) is 54.0 Å². The first-order valence-electron chi connectivity index (χ1n) is 6.34. The minimum absolute atomic E-state index is 0.315. The van der Waals surface area contributed by atoms with E-state index in [1.54, 1.807) is 0 Å². The molecule has 0 saturated carbocycles. The molecule has 0 aliphatic carbocycles. The number of aromatic nitrogens is 1. The molecule has 0 fully saturated rings. The summed E-state index contributed by atoms with van der Waals surface area (Å²) in [4.78, 5) is 15.4. The number of carbonyl (C=O) groups excluding carboxylic acids is 1. The van der Waals surface area contributed by atoms with Crippen molar-refractivity contribution in [1.82, 2.24) is 10.4 Å². The second-order valence-corrected chi connectivity index (χ2v) is 4.59. The first-order chi connectivity index (χ1) is 11.1. The van der Waals surface area contributed by atoms with Gasteiger partial charge in [-0.05, 0) is 30.3 Å². The van der Waals surface area contributed by atoms with Gasteiger partial charge in [-0.25, -0.2) is 4.98 Å². The summed E-state index contributed by atoms with van der Waals surface area (Å²) in [5, 5.41) is 0. The molecule has 0 unspecified atom stereocenters. The van der Waals surface area contributed by atoms with Crippen LogP contribution in [0.15, 0.2) is 42.6 Å². The number of halogens is 6. The molecule has 0 radical (unpaired) electrons. The zero-order chi connectivity index (χ0) is 18.0. The molecular weight excluding hydrogens is 340 g/mol. The summed E-state index contributed by atoms with van der Waals surface area (Å²) in [6, 6.07) is 4.97. The molecule has 2 N–H and O–H groups in total. The van der Waals surface area contributed by atoms with E-state index in [2.05, 4.69) is 10.4 Å². The molecule has 128 valence electrons. The first-order valence-corrected chi connectivity index (χ1v) is 6.34. The lowest BCUT2D eigenvalue weighted by atomic mass is 10.1. The molecule has 24 heavy (non-hydrogen) atoms.